The number of ether oxygens (including phenoxy) is 2. The maximum Gasteiger partial charge on any atom is 0.330 e. The smallest absolute Gasteiger partial charge is 0.330 e. The van der Waals surface area contributed by atoms with Crippen molar-refractivity contribution < 1.29 is 28.3 Å². The normalized spacial score (nSPS) is 42.6. The first-order valence-corrected chi connectivity index (χ1v) is 12.2. The molecule has 2 fully saturated rings. The van der Waals surface area contributed by atoms with E-state index in [1.54, 1.807) is 18.6 Å². The predicted molar refractivity (Wildman–Crippen MR) is 125 cm³/mol. The summed E-state index contributed by atoms with van der Waals surface area (Å²) < 4.78 is 17.2. The topological polar surface area (TPSA) is 82.8 Å². The number of esters is 2. The van der Waals surface area contributed by atoms with Gasteiger partial charge in [0.1, 0.15) is 11.7 Å². The molecule has 7 atom stereocenters. The molecule has 0 bridgehead atoms. The quantitative estimate of drug-likeness (QED) is 0.561. The van der Waals surface area contributed by atoms with Gasteiger partial charge in [-0.2, -0.15) is 0 Å². The van der Waals surface area contributed by atoms with Crippen molar-refractivity contribution in [1.29, 1.82) is 0 Å². The SMILES string of the molecule is CC(=O)OC1CC2C(C)(C)OC(=O)C=CC2(C)C2CCC3(C)C(=CC(=O)C3c3ccoc3)C12C. The molecule has 1 aromatic rings. The fourth-order valence-electron chi connectivity index (χ4n) is 8.37. The van der Waals surface area contributed by atoms with E-state index in [4.69, 9.17) is 13.9 Å². The molecule has 2 saturated carbocycles. The van der Waals surface area contributed by atoms with Gasteiger partial charge < -0.3 is 13.9 Å². The molecule has 0 N–H and O–H groups in total. The Bertz CT molecular complexity index is 1110. The fraction of sp³-hybridized carbons (Fsp3) is 0.607. The van der Waals surface area contributed by atoms with E-state index in [2.05, 4.69) is 20.8 Å². The summed E-state index contributed by atoms with van der Waals surface area (Å²) in [6.45, 7) is 11.9. The lowest BCUT2D eigenvalue weighted by Gasteiger charge is -2.64. The second-order valence-electron chi connectivity index (χ2n) is 11.9. The minimum Gasteiger partial charge on any atom is -0.472 e. The minimum absolute atomic E-state index is 0.0446. The highest BCUT2D eigenvalue weighted by atomic mass is 16.6. The van der Waals surface area contributed by atoms with Crippen LogP contribution in [0.15, 0.2) is 46.8 Å². The van der Waals surface area contributed by atoms with Crippen LogP contribution in [0.25, 0.3) is 0 Å². The predicted octanol–water partition coefficient (Wildman–Crippen LogP) is 5.14. The van der Waals surface area contributed by atoms with Crippen LogP contribution in [0.1, 0.15) is 72.3 Å². The molecule has 0 saturated heterocycles. The summed E-state index contributed by atoms with van der Waals surface area (Å²) in [6.07, 6.45) is 10.5. The zero-order valence-electron chi connectivity index (χ0n) is 20.8. The van der Waals surface area contributed by atoms with Gasteiger partial charge in [-0.05, 0) is 62.2 Å². The molecule has 1 aliphatic heterocycles. The number of hydrogen-bond acceptors (Lipinski definition) is 6. The summed E-state index contributed by atoms with van der Waals surface area (Å²) in [7, 11) is 0. The van der Waals surface area contributed by atoms with E-state index < -0.39 is 22.5 Å². The summed E-state index contributed by atoms with van der Waals surface area (Å²) in [4.78, 5) is 38.2. The van der Waals surface area contributed by atoms with Crippen LogP contribution >= 0.6 is 0 Å². The van der Waals surface area contributed by atoms with Gasteiger partial charge in [0.2, 0.25) is 0 Å². The molecule has 6 heteroatoms. The lowest BCUT2D eigenvalue weighted by Crippen LogP contribution is -2.63. The van der Waals surface area contributed by atoms with E-state index in [0.29, 0.717) is 6.42 Å². The number of allylic oxidation sites excluding steroid dienone is 2. The summed E-state index contributed by atoms with van der Waals surface area (Å²) >= 11 is 0. The van der Waals surface area contributed by atoms with Crippen LogP contribution in [0.5, 0.6) is 0 Å². The number of furan rings is 1. The van der Waals surface area contributed by atoms with Crippen molar-refractivity contribution in [2.45, 2.75) is 78.4 Å². The van der Waals surface area contributed by atoms with Gasteiger partial charge in [-0.1, -0.05) is 26.8 Å². The summed E-state index contributed by atoms with van der Waals surface area (Å²) in [6, 6.07) is 1.88. The van der Waals surface area contributed by atoms with Crippen molar-refractivity contribution in [3.8, 4) is 0 Å². The third-order valence-electron chi connectivity index (χ3n) is 9.67. The Kier molecular flexibility index (Phi) is 4.89. The number of carbonyl (C=O) groups excluding carboxylic acids is 3. The largest absolute Gasteiger partial charge is 0.472 e. The minimum atomic E-state index is -0.727. The van der Waals surface area contributed by atoms with Crippen LogP contribution < -0.4 is 0 Å². The molecule has 3 aliphatic carbocycles. The van der Waals surface area contributed by atoms with E-state index in [0.717, 1.165) is 24.0 Å². The molecule has 5 rings (SSSR count). The maximum atomic E-state index is 13.4. The average Bonchev–Trinajstić information content (AvgIpc) is 3.31. The van der Waals surface area contributed by atoms with Gasteiger partial charge in [-0.15, -0.1) is 0 Å². The van der Waals surface area contributed by atoms with Crippen molar-refractivity contribution in [3.63, 3.8) is 0 Å². The van der Waals surface area contributed by atoms with Gasteiger partial charge in [0.05, 0.1) is 18.4 Å². The van der Waals surface area contributed by atoms with E-state index in [1.807, 2.05) is 32.1 Å². The Morgan fingerprint density at radius 1 is 1.12 bits per heavy atom. The Labute approximate surface area is 200 Å². The average molecular weight is 467 g/mol. The molecule has 4 aliphatic rings. The summed E-state index contributed by atoms with van der Waals surface area (Å²) in [5, 5.41) is 0. The lowest BCUT2D eigenvalue weighted by atomic mass is 9.40. The van der Waals surface area contributed by atoms with Gasteiger partial charge in [0, 0.05) is 35.3 Å². The van der Waals surface area contributed by atoms with Gasteiger partial charge in [0.15, 0.2) is 5.78 Å². The van der Waals surface area contributed by atoms with Crippen molar-refractivity contribution in [2.24, 2.45) is 28.1 Å². The first kappa shape index (κ1) is 23.1. The van der Waals surface area contributed by atoms with Gasteiger partial charge in [0.25, 0.3) is 0 Å². The number of fused-ring (bicyclic) bond motifs is 5. The van der Waals surface area contributed by atoms with Crippen LogP contribution in [0, 0.1) is 28.1 Å². The number of ketones is 1. The zero-order valence-corrected chi connectivity index (χ0v) is 20.8. The Morgan fingerprint density at radius 2 is 1.85 bits per heavy atom. The van der Waals surface area contributed by atoms with E-state index in [-0.39, 0.29) is 40.9 Å². The molecule has 6 nitrogen and oxygen atoms in total. The van der Waals surface area contributed by atoms with E-state index >= 15 is 0 Å². The Balaban J connectivity index is 1.68. The molecule has 34 heavy (non-hydrogen) atoms. The lowest BCUT2D eigenvalue weighted by molar-refractivity contribution is -0.200. The molecular formula is C28H34O6. The molecule has 2 heterocycles. The molecule has 0 amide bonds. The molecule has 182 valence electrons. The van der Waals surface area contributed by atoms with Crippen molar-refractivity contribution >= 4 is 17.7 Å². The standard InChI is InChI=1S/C28H34O6/c1-16(29)33-22-14-20-25(2,3)34-23(31)8-11-26(20,4)19-7-10-27(5)21(28(19,22)6)13-18(30)24(27)17-9-12-32-15-17/h8-9,11-13,15,19-20,22,24H,7,10,14H2,1-6H3. The Hall–Kier alpha value is -2.63. The van der Waals surface area contributed by atoms with E-state index in [9.17, 15) is 14.4 Å². The number of carbonyl (C=O) groups is 3. The van der Waals surface area contributed by atoms with Gasteiger partial charge >= 0.3 is 11.9 Å². The highest BCUT2D eigenvalue weighted by molar-refractivity contribution is 6.00. The second-order valence-corrected chi connectivity index (χ2v) is 11.9. The first-order valence-electron chi connectivity index (χ1n) is 12.2. The maximum absolute atomic E-state index is 13.4. The highest BCUT2D eigenvalue weighted by Gasteiger charge is 2.69. The third kappa shape index (κ3) is 2.96. The third-order valence-corrected chi connectivity index (χ3v) is 9.67. The molecule has 0 spiro atoms. The fourth-order valence-corrected chi connectivity index (χ4v) is 8.37. The summed E-state index contributed by atoms with van der Waals surface area (Å²) in [5.74, 6) is -0.905. The number of hydrogen-bond donors (Lipinski definition) is 0. The summed E-state index contributed by atoms with van der Waals surface area (Å²) in [5.41, 5.74) is -0.120. The zero-order chi connectivity index (χ0) is 24.7. The first-order chi connectivity index (χ1) is 15.8. The van der Waals surface area contributed by atoms with Crippen LogP contribution in [0.4, 0.5) is 0 Å². The molecule has 1 aromatic heterocycles. The number of cyclic esters (lactones) is 1. The molecule has 0 radical (unpaired) electrons. The molecular weight excluding hydrogens is 432 g/mol. The second kappa shape index (κ2) is 7.19. The van der Waals surface area contributed by atoms with Crippen molar-refractivity contribution in [2.75, 3.05) is 0 Å². The molecule has 0 aromatic carbocycles. The van der Waals surface area contributed by atoms with Crippen LogP contribution in [0.3, 0.4) is 0 Å². The van der Waals surface area contributed by atoms with Gasteiger partial charge in [-0.3, -0.25) is 9.59 Å². The van der Waals surface area contributed by atoms with Crippen LogP contribution in [0.2, 0.25) is 0 Å². The Morgan fingerprint density at radius 3 is 2.50 bits per heavy atom. The van der Waals surface area contributed by atoms with Crippen LogP contribution in [-0.2, 0) is 23.9 Å². The van der Waals surface area contributed by atoms with Crippen molar-refractivity contribution in [3.05, 3.63) is 48.0 Å². The monoisotopic (exact) mass is 466 g/mol. The van der Waals surface area contributed by atoms with E-state index in [1.165, 1.54) is 6.92 Å². The highest BCUT2D eigenvalue weighted by Crippen LogP contribution is 2.71. The van der Waals surface area contributed by atoms with Crippen molar-refractivity contribution in [1.82, 2.24) is 0 Å². The van der Waals surface area contributed by atoms with Gasteiger partial charge in [-0.25, -0.2) is 4.79 Å². The molecule has 7 unspecified atom stereocenters. The van der Waals surface area contributed by atoms with Crippen LogP contribution in [-0.4, -0.2) is 29.4 Å². The number of rotatable bonds is 2.